The summed E-state index contributed by atoms with van der Waals surface area (Å²) in [5.74, 6) is -5.21. The van der Waals surface area contributed by atoms with E-state index in [-0.39, 0.29) is 18.4 Å². The molecule has 5 nitrogen and oxygen atoms in total. The summed E-state index contributed by atoms with van der Waals surface area (Å²) < 4.78 is 42.5. The van der Waals surface area contributed by atoms with Crippen molar-refractivity contribution in [2.75, 3.05) is 0 Å². The van der Waals surface area contributed by atoms with Crippen LogP contribution in [0.2, 0.25) is 0 Å². The van der Waals surface area contributed by atoms with Crippen LogP contribution in [-0.4, -0.2) is 50.8 Å². The monoisotopic (exact) mass is 490 g/mol. The molecule has 0 aromatic rings. The Hall–Kier alpha value is -1.02. The number of carboxylic acid groups (broad SMARTS) is 1. The van der Waals surface area contributed by atoms with Gasteiger partial charge in [-0.25, -0.2) is 13.6 Å². The highest BCUT2D eigenvalue weighted by Crippen LogP contribution is 2.74. The number of rotatable bonds is 1. The van der Waals surface area contributed by atoms with Crippen LogP contribution in [0.1, 0.15) is 47.0 Å². The SMILES string of the molecule is CC1(C)O[C@@H]2C[C@H]3[C@@H]4C[C@H](F)C5=C(F)C(=O)C=C[C@]5(C)[C@@]4(Cl)[C@@H](Cl)C[C@]3(C)[C@]2(C(=O)O)O1. The van der Waals surface area contributed by atoms with E-state index in [4.69, 9.17) is 32.7 Å². The van der Waals surface area contributed by atoms with Crippen LogP contribution >= 0.6 is 23.2 Å². The molecule has 9 atom stereocenters. The number of fused-ring (bicyclic) bond motifs is 7. The molecule has 176 valence electrons. The van der Waals surface area contributed by atoms with Crippen molar-refractivity contribution in [3.8, 4) is 0 Å². The van der Waals surface area contributed by atoms with Crippen LogP contribution in [0.25, 0.3) is 0 Å². The van der Waals surface area contributed by atoms with Crippen molar-refractivity contribution in [3.05, 3.63) is 23.6 Å². The van der Waals surface area contributed by atoms with E-state index >= 15 is 4.39 Å². The van der Waals surface area contributed by atoms with Gasteiger partial charge in [0.2, 0.25) is 5.78 Å². The van der Waals surface area contributed by atoms with Crippen molar-refractivity contribution >= 4 is 35.0 Å². The molecule has 0 amide bonds. The van der Waals surface area contributed by atoms with Crippen LogP contribution in [0.5, 0.6) is 0 Å². The largest absolute Gasteiger partial charge is 0.479 e. The molecule has 5 aliphatic rings. The van der Waals surface area contributed by atoms with E-state index in [9.17, 15) is 19.1 Å². The number of aliphatic carboxylic acids is 1. The second-order valence-electron chi connectivity index (χ2n) is 10.8. The molecular weight excluding hydrogens is 465 g/mol. The molecule has 0 spiro atoms. The van der Waals surface area contributed by atoms with Crippen molar-refractivity contribution in [1.29, 1.82) is 0 Å². The molecule has 0 aromatic carbocycles. The van der Waals surface area contributed by atoms with E-state index in [1.54, 1.807) is 20.8 Å². The highest BCUT2D eigenvalue weighted by Gasteiger charge is 2.80. The van der Waals surface area contributed by atoms with Gasteiger partial charge in [0.25, 0.3) is 0 Å². The maximum Gasteiger partial charge on any atom is 0.339 e. The van der Waals surface area contributed by atoms with Gasteiger partial charge in [-0.15, -0.1) is 23.2 Å². The molecular formula is C23H26Cl2F2O5. The van der Waals surface area contributed by atoms with Gasteiger partial charge < -0.3 is 14.6 Å². The Balaban J connectivity index is 1.68. The number of ether oxygens (including phenoxy) is 2. The fourth-order valence-electron chi connectivity index (χ4n) is 7.70. The second-order valence-corrected chi connectivity index (χ2v) is 11.9. The van der Waals surface area contributed by atoms with Crippen molar-refractivity contribution in [2.24, 2.45) is 22.7 Å². The summed E-state index contributed by atoms with van der Waals surface area (Å²) in [5.41, 5.74) is -4.24. The van der Waals surface area contributed by atoms with Gasteiger partial charge in [-0.3, -0.25) is 4.79 Å². The number of carboxylic acids is 1. The van der Waals surface area contributed by atoms with E-state index in [1.165, 1.54) is 6.08 Å². The molecule has 4 aliphatic carbocycles. The highest BCUT2D eigenvalue weighted by molar-refractivity contribution is 6.34. The molecule has 0 unspecified atom stereocenters. The second kappa shape index (κ2) is 6.35. The lowest BCUT2D eigenvalue weighted by atomic mass is 9.46. The van der Waals surface area contributed by atoms with E-state index in [2.05, 4.69) is 0 Å². The predicted octanol–water partition coefficient (Wildman–Crippen LogP) is 4.70. The number of hydrogen-bond acceptors (Lipinski definition) is 4. The number of halogens is 4. The molecule has 3 saturated carbocycles. The third-order valence-electron chi connectivity index (χ3n) is 8.97. The molecule has 1 N–H and O–H groups in total. The van der Waals surface area contributed by atoms with Crippen molar-refractivity contribution in [3.63, 3.8) is 0 Å². The summed E-state index contributed by atoms with van der Waals surface area (Å²) in [5, 5.41) is 9.51. The third kappa shape index (κ3) is 2.32. The number of allylic oxidation sites excluding steroid dienone is 4. The highest BCUT2D eigenvalue weighted by atomic mass is 35.5. The molecule has 1 aliphatic heterocycles. The first kappa shape index (κ1) is 22.8. The number of carbonyl (C=O) groups is 2. The van der Waals surface area contributed by atoms with Crippen LogP contribution in [0, 0.1) is 22.7 Å². The number of ketones is 1. The molecule has 0 bridgehead atoms. The minimum Gasteiger partial charge on any atom is -0.479 e. The summed E-state index contributed by atoms with van der Waals surface area (Å²) in [4.78, 5) is 23.3. The lowest BCUT2D eigenvalue weighted by molar-refractivity contribution is -0.222. The third-order valence-corrected chi connectivity index (χ3v) is 10.5. The predicted molar refractivity (Wildman–Crippen MR) is 113 cm³/mol. The first-order valence-electron chi connectivity index (χ1n) is 10.9. The number of hydrogen-bond donors (Lipinski definition) is 1. The van der Waals surface area contributed by atoms with Crippen molar-refractivity contribution in [2.45, 2.75) is 80.9 Å². The van der Waals surface area contributed by atoms with Crippen LogP contribution in [0.3, 0.4) is 0 Å². The van der Waals surface area contributed by atoms with Crippen molar-refractivity contribution < 1.29 is 33.0 Å². The van der Waals surface area contributed by atoms with Gasteiger partial charge in [0.1, 0.15) is 12.3 Å². The average molecular weight is 491 g/mol. The smallest absolute Gasteiger partial charge is 0.339 e. The summed E-state index contributed by atoms with van der Waals surface area (Å²) in [6.07, 6.45) is 0.376. The first-order chi connectivity index (χ1) is 14.7. The van der Waals surface area contributed by atoms with Gasteiger partial charge in [-0.2, -0.15) is 0 Å². The van der Waals surface area contributed by atoms with Gasteiger partial charge in [-0.1, -0.05) is 19.9 Å². The molecule has 32 heavy (non-hydrogen) atoms. The van der Waals surface area contributed by atoms with E-state index in [0.29, 0.717) is 6.42 Å². The van der Waals surface area contributed by atoms with E-state index < -0.39 is 74.2 Å². The van der Waals surface area contributed by atoms with Gasteiger partial charge >= 0.3 is 5.97 Å². The standard InChI is InChI=1S/C23H26Cl2F2O5/c1-19(2)31-15-8-10-11-7-12(26)16-17(27)13(28)5-6-20(16,3)22(11,25)14(24)9-21(10,4)23(15,32-19)18(29)30/h5-6,10-12,14-15H,7-9H2,1-4H3,(H,29,30)/t10-,11-,12-,14-,15+,20-,21-,22-,23-/m0/s1. The Bertz CT molecular complexity index is 997. The Kier molecular flexibility index (Phi) is 4.51. The zero-order valence-corrected chi connectivity index (χ0v) is 19.8. The maximum absolute atomic E-state index is 15.5. The quantitative estimate of drug-likeness (QED) is 0.539. The van der Waals surface area contributed by atoms with Gasteiger partial charge in [-0.05, 0) is 51.0 Å². The fourth-order valence-corrected chi connectivity index (χ4v) is 8.89. The minimum absolute atomic E-state index is 0.155. The molecule has 1 heterocycles. The fraction of sp³-hybridized carbons (Fsp3) is 0.739. The Morgan fingerprint density at radius 2 is 1.88 bits per heavy atom. The molecule has 0 aromatic heterocycles. The summed E-state index contributed by atoms with van der Waals surface area (Å²) in [6.45, 7) is 6.77. The van der Waals surface area contributed by atoms with Gasteiger partial charge in [0.15, 0.2) is 17.2 Å². The van der Waals surface area contributed by atoms with Gasteiger partial charge in [0.05, 0.1) is 10.3 Å². The zero-order chi connectivity index (χ0) is 23.6. The molecule has 0 radical (unpaired) electrons. The summed E-state index contributed by atoms with van der Waals surface area (Å²) >= 11 is 14.2. The molecule has 4 fully saturated rings. The lowest BCUT2D eigenvalue weighted by Crippen LogP contribution is -2.69. The topological polar surface area (TPSA) is 72.8 Å². The zero-order valence-electron chi connectivity index (χ0n) is 18.3. The molecule has 9 heteroatoms. The Morgan fingerprint density at radius 3 is 2.50 bits per heavy atom. The number of alkyl halides is 3. The summed E-state index contributed by atoms with van der Waals surface area (Å²) in [7, 11) is 0. The number of carbonyl (C=O) groups excluding carboxylic acids is 1. The average Bonchev–Trinajstić information content (AvgIpc) is 3.08. The molecule has 5 rings (SSSR count). The first-order valence-corrected chi connectivity index (χ1v) is 11.7. The molecule has 1 saturated heterocycles. The normalized spacial score (nSPS) is 53.5. The van der Waals surface area contributed by atoms with E-state index in [1.807, 2.05) is 6.92 Å². The Labute approximate surface area is 195 Å². The van der Waals surface area contributed by atoms with Crippen molar-refractivity contribution in [1.82, 2.24) is 0 Å². The Morgan fingerprint density at radius 1 is 1.22 bits per heavy atom. The van der Waals surface area contributed by atoms with Gasteiger partial charge in [0, 0.05) is 16.4 Å². The van der Waals surface area contributed by atoms with Crippen LogP contribution < -0.4 is 0 Å². The van der Waals surface area contributed by atoms with E-state index in [0.717, 1.165) is 6.08 Å². The van der Waals surface area contributed by atoms with Crippen LogP contribution in [-0.2, 0) is 19.1 Å². The van der Waals surface area contributed by atoms with Crippen LogP contribution in [0.4, 0.5) is 8.78 Å². The lowest BCUT2D eigenvalue weighted by Gasteiger charge is -2.64. The van der Waals surface area contributed by atoms with Crippen LogP contribution in [0.15, 0.2) is 23.6 Å². The maximum atomic E-state index is 15.5. The summed E-state index contributed by atoms with van der Waals surface area (Å²) in [6, 6.07) is 0. The minimum atomic E-state index is -1.74.